The predicted molar refractivity (Wildman–Crippen MR) is 69.3 cm³/mol. The van der Waals surface area contributed by atoms with E-state index in [4.69, 9.17) is 0 Å². The second-order valence-corrected chi connectivity index (χ2v) is 4.80. The SMILES string of the molecule is Cc1cn(Cc2ccc(F)c(Br)c2)c(=O)[nH]c1=O. The first-order valence-corrected chi connectivity index (χ1v) is 6.01. The molecule has 0 amide bonds. The van der Waals surface area contributed by atoms with Crippen LogP contribution in [0.5, 0.6) is 0 Å². The van der Waals surface area contributed by atoms with Gasteiger partial charge < -0.3 is 0 Å². The van der Waals surface area contributed by atoms with Gasteiger partial charge in [-0.25, -0.2) is 9.18 Å². The third-order valence-corrected chi connectivity index (χ3v) is 3.13. The molecule has 0 spiro atoms. The highest BCUT2D eigenvalue weighted by molar-refractivity contribution is 9.10. The lowest BCUT2D eigenvalue weighted by Gasteiger charge is -2.06. The van der Waals surface area contributed by atoms with Crippen LogP contribution in [0.4, 0.5) is 4.39 Å². The lowest BCUT2D eigenvalue weighted by atomic mass is 10.2. The zero-order valence-electron chi connectivity index (χ0n) is 9.54. The smallest absolute Gasteiger partial charge is 0.296 e. The average Bonchev–Trinajstić information content (AvgIpc) is 2.31. The van der Waals surface area contributed by atoms with Gasteiger partial charge in [-0.1, -0.05) is 6.07 Å². The fourth-order valence-electron chi connectivity index (χ4n) is 1.57. The van der Waals surface area contributed by atoms with Gasteiger partial charge in [-0.15, -0.1) is 0 Å². The van der Waals surface area contributed by atoms with Crippen LogP contribution in [0, 0.1) is 12.7 Å². The van der Waals surface area contributed by atoms with Crippen LogP contribution in [0.2, 0.25) is 0 Å². The van der Waals surface area contributed by atoms with E-state index >= 15 is 0 Å². The summed E-state index contributed by atoms with van der Waals surface area (Å²) < 4.78 is 14.8. The number of aryl methyl sites for hydroxylation is 1. The first-order valence-electron chi connectivity index (χ1n) is 5.21. The van der Waals surface area contributed by atoms with E-state index in [2.05, 4.69) is 20.9 Å². The van der Waals surface area contributed by atoms with Crippen molar-refractivity contribution < 1.29 is 4.39 Å². The molecule has 0 saturated carbocycles. The summed E-state index contributed by atoms with van der Waals surface area (Å²) in [6.45, 7) is 1.89. The highest BCUT2D eigenvalue weighted by Crippen LogP contribution is 2.17. The van der Waals surface area contributed by atoms with E-state index in [9.17, 15) is 14.0 Å². The number of hydrogen-bond donors (Lipinski definition) is 1. The van der Waals surface area contributed by atoms with Gasteiger partial charge in [-0.2, -0.15) is 0 Å². The van der Waals surface area contributed by atoms with E-state index in [0.717, 1.165) is 5.56 Å². The molecule has 0 aliphatic rings. The summed E-state index contributed by atoms with van der Waals surface area (Å²) in [5.74, 6) is -0.358. The Kier molecular flexibility index (Phi) is 3.47. The van der Waals surface area contributed by atoms with Crippen molar-refractivity contribution in [1.29, 1.82) is 0 Å². The van der Waals surface area contributed by atoms with Gasteiger partial charge in [0.1, 0.15) is 5.82 Å². The Morgan fingerprint density at radius 2 is 2.11 bits per heavy atom. The largest absolute Gasteiger partial charge is 0.328 e. The van der Waals surface area contributed by atoms with Gasteiger partial charge in [-0.05, 0) is 40.5 Å². The van der Waals surface area contributed by atoms with Crippen molar-refractivity contribution in [2.24, 2.45) is 0 Å². The first kappa shape index (κ1) is 12.8. The molecule has 0 fully saturated rings. The van der Waals surface area contributed by atoms with Gasteiger partial charge in [0.25, 0.3) is 5.56 Å². The first-order chi connectivity index (χ1) is 8.47. The Morgan fingerprint density at radius 1 is 1.39 bits per heavy atom. The fraction of sp³-hybridized carbons (Fsp3) is 0.167. The van der Waals surface area contributed by atoms with Crippen molar-refractivity contribution >= 4 is 15.9 Å². The normalized spacial score (nSPS) is 10.6. The Labute approximate surface area is 110 Å². The molecule has 6 heteroatoms. The molecular weight excluding hydrogens is 303 g/mol. The van der Waals surface area contributed by atoms with Crippen LogP contribution >= 0.6 is 15.9 Å². The van der Waals surface area contributed by atoms with Crippen LogP contribution in [0.15, 0.2) is 38.5 Å². The topological polar surface area (TPSA) is 54.9 Å². The molecule has 0 radical (unpaired) electrons. The van der Waals surface area contributed by atoms with E-state index in [1.807, 2.05) is 0 Å². The molecule has 4 nitrogen and oxygen atoms in total. The maximum Gasteiger partial charge on any atom is 0.328 e. The molecule has 94 valence electrons. The second-order valence-electron chi connectivity index (χ2n) is 3.95. The molecule has 1 heterocycles. The molecule has 0 bridgehead atoms. The predicted octanol–water partition coefficient (Wildman–Crippen LogP) is 1.79. The molecular formula is C12H10BrFN2O2. The van der Waals surface area contributed by atoms with Crippen LogP contribution in [0.25, 0.3) is 0 Å². The summed E-state index contributed by atoms with van der Waals surface area (Å²) in [4.78, 5) is 25.0. The quantitative estimate of drug-likeness (QED) is 0.919. The molecule has 1 N–H and O–H groups in total. The number of benzene rings is 1. The molecule has 0 saturated heterocycles. The summed E-state index contributed by atoms with van der Waals surface area (Å²) >= 11 is 3.08. The Balaban J connectivity index is 2.40. The molecule has 2 rings (SSSR count). The molecule has 18 heavy (non-hydrogen) atoms. The average molecular weight is 313 g/mol. The van der Waals surface area contributed by atoms with Crippen LogP contribution in [-0.4, -0.2) is 9.55 Å². The lowest BCUT2D eigenvalue weighted by Crippen LogP contribution is -2.31. The maximum atomic E-state index is 13.1. The van der Waals surface area contributed by atoms with Gasteiger partial charge in [0, 0.05) is 11.8 Å². The van der Waals surface area contributed by atoms with Crippen LogP contribution in [0.3, 0.4) is 0 Å². The van der Waals surface area contributed by atoms with Crippen molar-refractivity contribution in [2.45, 2.75) is 13.5 Å². The van der Waals surface area contributed by atoms with Crippen molar-refractivity contribution in [3.63, 3.8) is 0 Å². The number of aromatic nitrogens is 2. The van der Waals surface area contributed by atoms with Crippen molar-refractivity contribution in [3.8, 4) is 0 Å². The van der Waals surface area contributed by atoms with Gasteiger partial charge >= 0.3 is 5.69 Å². The monoisotopic (exact) mass is 312 g/mol. The van der Waals surface area contributed by atoms with Gasteiger partial charge in [0.05, 0.1) is 11.0 Å². The Bertz CT molecular complexity index is 706. The number of H-pyrrole nitrogens is 1. The summed E-state index contributed by atoms with van der Waals surface area (Å²) in [5.41, 5.74) is 0.343. The third-order valence-electron chi connectivity index (χ3n) is 2.53. The number of rotatable bonds is 2. The fourth-order valence-corrected chi connectivity index (χ4v) is 2.00. The van der Waals surface area contributed by atoms with Crippen LogP contribution in [0.1, 0.15) is 11.1 Å². The van der Waals surface area contributed by atoms with Gasteiger partial charge in [-0.3, -0.25) is 14.3 Å². The number of nitrogens with one attached hydrogen (secondary N) is 1. The summed E-state index contributed by atoms with van der Waals surface area (Å²) in [7, 11) is 0. The number of aromatic amines is 1. The van der Waals surface area contributed by atoms with Crippen molar-refractivity contribution in [3.05, 3.63) is 66.7 Å². The molecule has 0 atom stereocenters. The third kappa shape index (κ3) is 2.59. The zero-order chi connectivity index (χ0) is 13.3. The molecule has 1 aromatic heterocycles. The van der Waals surface area contributed by atoms with Crippen molar-refractivity contribution in [2.75, 3.05) is 0 Å². The summed E-state index contributed by atoms with van der Waals surface area (Å²) in [6, 6.07) is 4.51. The standard InChI is InChI=1S/C12H10BrFN2O2/c1-7-5-16(12(18)15-11(7)17)6-8-2-3-10(14)9(13)4-8/h2-5H,6H2,1H3,(H,15,17,18). The lowest BCUT2D eigenvalue weighted by molar-refractivity contribution is 0.618. The van der Waals surface area contributed by atoms with Crippen LogP contribution in [-0.2, 0) is 6.54 Å². The Morgan fingerprint density at radius 3 is 2.78 bits per heavy atom. The maximum absolute atomic E-state index is 13.1. The second kappa shape index (κ2) is 4.89. The molecule has 2 aromatic rings. The van der Waals surface area contributed by atoms with E-state index in [0.29, 0.717) is 10.0 Å². The highest BCUT2D eigenvalue weighted by atomic mass is 79.9. The summed E-state index contributed by atoms with van der Waals surface area (Å²) in [5, 5.41) is 0. The minimum Gasteiger partial charge on any atom is -0.296 e. The number of hydrogen-bond acceptors (Lipinski definition) is 2. The van der Waals surface area contributed by atoms with E-state index in [1.54, 1.807) is 19.1 Å². The zero-order valence-corrected chi connectivity index (χ0v) is 11.1. The Hall–Kier alpha value is -1.69. The van der Waals surface area contributed by atoms with E-state index < -0.39 is 11.2 Å². The number of halogens is 2. The molecule has 1 aromatic carbocycles. The minimum absolute atomic E-state index is 0.273. The molecule has 0 aliphatic carbocycles. The minimum atomic E-state index is -0.481. The molecule has 0 unspecified atom stereocenters. The number of nitrogens with zero attached hydrogens (tertiary/aromatic N) is 1. The van der Waals surface area contributed by atoms with Gasteiger partial charge in [0.2, 0.25) is 0 Å². The van der Waals surface area contributed by atoms with E-state index in [1.165, 1.54) is 16.8 Å². The van der Waals surface area contributed by atoms with Crippen LogP contribution < -0.4 is 11.2 Å². The van der Waals surface area contributed by atoms with E-state index in [-0.39, 0.29) is 12.4 Å². The van der Waals surface area contributed by atoms with Gasteiger partial charge in [0.15, 0.2) is 0 Å². The highest BCUT2D eigenvalue weighted by Gasteiger charge is 2.04. The van der Waals surface area contributed by atoms with Crippen molar-refractivity contribution in [1.82, 2.24) is 9.55 Å². The molecule has 0 aliphatic heterocycles. The summed E-state index contributed by atoms with van der Waals surface area (Å²) in [6.07, 6.45) is 1.48.